The van der Waals surface area contributed by atoms with Gasteiger partial charge in [-0.1, -0.05) is 36.0 Å². The fourth-order valence-corrected chi connectivity index (χ4v) is 5.32. The van der Waals surface area contributed by atoms with Crippen LogP contribution < -0.4 is 5.32 Å². The molecule has 0 atom stereocenters. The average Bonchev–Trinajstić information content (AvgIpc) is 3.61. The van der Waals surface area contributed by atoms with Crippen molar-refractivity contribution in [2.24, 2.45) is 0 Å². The molecule has 3 heterocycles. The molecule has 0 aliphatic rings. The third kappa shape index (κ3) is 4.91. The first-order valence-electron chi connectivity index (χ1n) is 11.0. The molecule has 1 N–H and O–H groups in total. The zero-order valence-electron chi connectivity index (χ0n) is 19.5. The summed E-state index contributed by atoms with van der Waals surface area (Å²) in [5, 5.41) is 15.1. The standard InChI is InChI=1S/C26H23N5O2S2/c1-16-10-11-19(13-18(16)3)27-25(32)20-14-34-23(28-20)15-35-26-30-29-24(22-9-6-12-33-22)31(26)21-8-5-4-7-17(21)2/h4-14H,15H2,1-3H3,(H,27,32). The molecule has 176 valence electrons. The molecular formula is C26H23N5O2S2. The average molecular weight is 502 g/mol. The lowest BCUT2D eigenvalue weighted by molar-refractivity contribution is 0.102. The van der Waals surface area contributed by atoms with Crippen LogP contribution in [0.25, 0.3) is 17.3 Å². The summed E-state index contributed by atoms with van der Waals surface area (Å²) < 4.78 is 7.60. The lowest BCUT2D eigenvalue weighted by Gasteiger charge is -2.11. The number of carbonyl (C=O) groups is 1. The molecule has 2 aromatic carbocycles. The Kier molecular flexibility index (Phi) is 6.52. The number of thiazole rings is 1. The molecule has 0 radical (unpaired) electrons. The van der Waals surface area contributed by atoms with Crippen molar-refractivity contribution in [1.29, 1.82) is 0 Å². The van der Waals surface area contributed by atoms with Crippen LogP contribution in [0.15, 0.2) is 75.8 Å². The first kappa shape index (κ1) is 23.1. The predicted molar refractivity (Wildman–Crippen MR) is 139 cm³/mol. The van der Waals surface area contributed by atoms with E-state index in [1.807, 2.05) is 66.9 Å². The normalized spacial score (nSPS) is 11.1. The van der Waals surface area contributed by atoms with E-state index < -0.39 is 0 Å². The summed E-state index contributed by atoms with van der Waals surface area (Å²) in [6, 6.07) is 17.6. The highest BCUT2D eigenvalue weighted by Crippen LogP contribution is 2.31. The number of para-hydroxylation sites is 1. The Hall–Kier alpha value is -3.69. The first-order valence-corrected chi connectivity index (χ1v) is 12.9. The molecule has 9 heteroatoms. The fraction of sp³-hybridized carbons (Fsp3) is 0.154. The van der Waals surface area contributed by atoms with E-state index in [4.69, 9.17) is 4.42 Å². The number of thioether (sulfide) groups is 1. The van der Waals surface area contributed by atoms with Gasteiger partial charge < -0.3 is 9.73 Å². The number of carbonyl (C=O) groups excluding carboxylic acids is 1. The van der Waals surface area contributed by atoms with Gasteiger partial charge in [-0.15, -0.1) is 21.5 Å². The monoisotopic (exact) mass is 501 g/mol. The summed E-state index contributed by atoms with van der Waals surface area (Å²) in [5.41, 5.74) is 5.56. The summed E-state index contributed by atoms with van der Waals surface area (Å²) in [7, 11) is 0. The van der Waals surface area contributed by atoms with E-state index >= 15 is 0 Å². The molecule has 5 aromatic rings. The lowest BCUT2D eigenvalue weighted by atomic mass is 10.1. The van der Waals surface area contributed by atoms with E-state index in [1.165, 1.54) is 28.7 Å². The molecule has 0 saturated carbocycles. The van der Waals surface area contributed by atoms with E-state index in [2.05, 4.69) is 33.5 Å². The molecule has 0 spiro atoms. The number of aromatic nitrogens is 4. The number of nitrogens with one attached hydrogen (secondary N) is 1. The van der Waals surface area contributed by atoms with Crippen molar-refractivity contribution in [2.45, 2.75) is 31.7 Å². The van der Waals surface area contributed by atoms with E-state index in [-0.39, 0.29) is 5.91 Å². The Bertz CT molecular complexity index is 1490. The molecule has 3 aromatic heterocycles. The Labute approximate surface area is 211 Å². The zero-order valence-corrected chi connectivity index (χ0v) is 21.1. The third-order valence-electron chi connectivity index (χ3n) is 5.61. The predicted octanol–water partition coefficient (Wildman–Crippen LogP) is 6.45. The quantitative estimate of drug-likeness (QED) is 0.258. The SMILES string of the molecule is Cc1ccc(NC(=O)c2csc(CSc3nnc(-c4ccco4)n3-c3ccccc3C)n2)cc1C. The minimum Gasteiger partial charge on any atom is -0.461 e. The van der Waals surface area contributed by atoms with E-state index in [0.717, 1.165) is 32.7 Å². The van der Waals surface area contributed by atoms with Gasteiger partial charge in [0.25, 0.3) is 5.91 Å². The van der Waals surface area contributed by atoms with Gasteiger partial charge in [0.15, 0.2) is 10.9 Å². The first-order chi connectivity index (χ1) is 17.0. The van der Waals surface area contributed by atoms with Crippen molar-refractivity contribution in [3.05, 3.63) is 93.6 Å². The second-order valence-electron chi connectivity index (χ2n) is 8.07. The summed E-state index contributed by atoms with van der Waals surface area (Å²) in [5.74, 6) is 1.62. The number of furan rings is 1. The second kappa shape index (κ2) is 9.89. The molecule has 0 unspecified atom stereocenters. The number of nitrogens with zero attached hydrogens (tertiary/aromatic N) is 4. The van der Waals surface area contributed by atoms with Gasteiger partial charge in [-0.25, -0.2) is 4.98 Å². The van der Waals surface area contributed by atoms with Gasteiger partial charge >= 0.3 is 0 Å². The maximum absolute atomic E-state index is 12.7. The number of amides is 1. The van der Waals surface area contributed by atoms with Gasteiger partial charge in [0.05, 0.1) is 17.7 Å². The summed E-state index contributed by atoms with van der Waals surface area (Å²) >= 11 is 2.97. The molecule has 0 saturated heterocycles. The van der Waals surface area contributed by atoms with Crippen molar-refractivity contribution >= 4 is 34.7 Å². The van der Waals surface area contributed by atoms with Gasteiger partial charge in [0.1, 0.15) is 10.7 Å². The van der Waals surface area contributed by atoms with Crippen molar-refractivity contribution in [2.75, 3.05) is 5.32 Å². The van der Waals surface area contributed by atoms with Crippen LogP contribution in [-0.2, 0) is 5.75 Å². The molecule has 7 nitrogen and oxygen atoms in total. The van der Waals surface area contributed by atoms with E-state index in [9.17, 15) is 4.79 Å². The van der Waals surface area contributed by atoms with Crippen LogP contribution in [0.4, 0.5) is 5.69 Å². The number of aryl methyl sites for hydroxylation is 3. The van der Waals surface area contributed by atoms with Gasteiger partial charge in [-0.2, -0.15) is 0 Å². The topological polar surface area (TPSA) is 85.8 Å². The molecular weight excluding hydrogens is 478 g/mol. The van der Waals surface area contributed by atoms with Crippen LogP contribution in [0.3, 0.4) is 0 Å². The molecule has 0 aliphatic heterocycles. The smallest absolute Gasteiger partial charge is 0.275 e. The summed E-state index contributed by atoms with van der Waals surface area (Å²) in [4.78, 5) is 17.2. The van der Waals surface area contributed by atoms with Gasteiger partial charge in [-0.3, -0.25) is 9.36 Å². The number of anilines is 1. The van der Waals surface area contributed by atoms with Crippen LogP contribution in [0.1, 0.15) is 32.2 Å². The number of hydrogen-bond acceptors (Lipinski definition) is 7. The Morgan fingerprint density at radius 3 is 2.66 bits per heavy atom. The molecule has 0 bridgehead atoms. The number of hydrogen-bond donors (Lipinski definition) is 1. The van der Waals surface area contributed by atoms with Crippen molar-refractivity contribution in [3.63, 3.8) is 0 Å². The molecule has 5 rings (SSSR count). The molecule has 0 aliphatic carbocycles. The zero-order chi connectivity index (χ0) is 24.4. The Balaban J connectivity index is 1.35. The highest BCUT2D eigenvalue weighted by atomic mass is 32.2. The molecule has 35 heavy (non-hydrogen) atoms. The van der Waals surface area contributed by atoms with Crippen LogP contribution >= 0.6 is 23.1 Å². The maximum Gasteiger partial charge on any atom is 0.275 e. The van der Waals surface area contributed by atoms with Crippen molar-refractivity contribution in [3.8, 4) is 17.3 Å². The van der Waals surface area contributed by atoms with Crippen molar-refractivity contribution < 1.29 is 9.21 Å². The largest absolute Gasteiger partial charge is 0.461 e. The van der Waals surface area contributed by atoms with Crippen LogP contribution in [-0.4, -0.2) is 25.7 Å². The fourth-order valence-electron chi connectivity index (χ4n) is 3.58. The van der Waals surface area contributed by atoms with Gasteiger partial charge in [0, 0.05) is 11.1 Å². The minimum absolute atomic E-state index is 0.219. The third-order valence-corrected chi connectivity index (χ3v) is 7.58. The molecule has 0 fully saturated rings. The second-order valence-corrected chi connectivity index (χ2v) is 9.96. The lowest BCUT2D eigenvalue weighted by Crippen LogP contribution is -2.12. The summed E-state index contributed by atoms with van der Waals surface area (Å²) in [6.45, 7) is 6.12. The van der Waals surface area contributed by atoms with E-state index in [1.54, 1.807) is 11.6 Å². The minimum atomic E-state index is -0.219. The van der Waals surface area contributed by atoms with Crippen LogP contribution in [0, 0.1) is 20.8 Å². The van der Waals surface area contributed by atoms with E-state index in [0.29, 0.717) is 23.0 Å². The number of benzene rings is 2. The highest BCUT2D eigenvalue weighted by Gasteiger charge is 2.20. The van der Waals surface area contributed by atoms with Crippen LogP contribution in [0.2, 0.25) is 0 Å². The maximum atomic E-state index is 12.7. The molecule has 1 amide bonds. The Morgan fingerprint density at radius 1 is 1.03 bits per heavy atom. The number of rotatable bonds is 7. The highest BCUT2D eigenvalue weighted by molar-refractivity contribution is 7.98. The van der Waals surface area contributed by atoms with Crippen molar-refractivity contribution in [1.82, 2.24) is 19.7 Å². The summed E-state index contributed by atoms with van der Waals surface area (Å²) in [6.07, 6.45) is 1.62. The van der Waals surface area contributed by atoms with Gasteiger partial charge in [-0.05, 0) is 67.8 Å². The van der Waals surface area contributed by atoms with Gasteiger partial charge in [0.2, 0.25) is 5.82 Å². The van der Waals surface area contributed by atoms with Crippen LogP contribution in [0.5, 0.6) is 0 Å². The Morgan fingerprint density at radius 2 is 1.89 bits per heavy atom.